The van der Waals surface area contributed by atoms with Crippen LogP contribution in [0.25, 0.3) is 0 Å². The molecule has 29 heavy (non-hydrogen) atoms. The number of amides is 2. The lowest BCUT2D eigenvalue weighted by Crippen LogP contribution is -2.40. The largest absolute Gasteiger partial charge is 0.410 e. The topological polar surface area (TPSA) is 70.5 Å². The van der Waals surface area contributed by atoms with Gasteiger partial charge in [-0.25, -0.2) is 4.68 Å². The highest BCUT2D eigenvalue weighted by atomic mass is 19.4. The molecule has 160 valence electrons. The highest BCUT2D eigenvalue weighted by Gasteiger charge is 2.46. The molecule has 1 unspecified atom stereocenters. The summed E-state index contributed by atoms with van der Waals surface area (Å²) in [6.45, 7) is 3.00. The summed E-state index contributed by atoms with van der Waals surface area (Å²) in [5.74, 6) is 0.171. The molecule has 7 nitrogen and oxygen atoms in total. The molecule has 4 rings (SSSR count). The van der Waals surface area contributed by atoms with Crippen LogP contribution in [0.5, 0.6) is 0 Å². The highest BCUT2D eigenvalue weighted by molar-refractivity contribution is 5.86. The number of alkyl halides is 3. The van der Waals surface area contributed by atoms with E-state index in [4.69, 9.17) is 0 Å². The maximum absolute atomic E-state index is 13.6. The second-order valence-electron chi connectivity index (χ2n) is 8.11. The normalized spacial score (nSPS) is 27.3. The second kappa shape index (κ2) is 7.53. The van der Waals surface area contributed by atoms with Crippen LogP contribution in [0.3, 0.4) is 0 Å². The number of halogens is 3. The van der Waals surface area contributed by atoms with Crippen LogP contribution < -0.4 is 5.32 Å². The first kappa shape index (κ1) is 20.0. The average Bonchev–Trinajstić information content (AvgIpc) is 3.39. The molecule has 0 bridgehead atoms. The van der Waals surface area contributed by atoms with Crippen molar-refractivity contribution in [2.75, 3.05) is 25.0 Å². The summed E-state index contributed by atoms with van der Waals surface area (Å²) in [6.07, 6.45) is -1.21. The first-order valence-corrected chi connectivity index (χ1v) is 10.3. The van der Waals surface area contributed by atoms with Crippen LogP contribution in [-0.2, 0) is 9.59 Å². The molecular weight excluding hydrogens is 387 g/mol. The number of hydrogen-bond donors (Lipinski definition) is 1. The molecule has 2 amide bonds. The molecule has 3 aliphatic rings. The van der Waals surface area contributed by atoms with Crippen LogP contribution >= 0.6 is 0 Å². The number of carbonyl (C=O) groups excluding carboxylic acids is 2. The third-order valence-corrected chi connectivity index (χ3v) is 6.19. The molecule has 0 radical (unpaired) electrons. The van der Waals surface area contributed by atoms with Gasteiger partial charge in [-0.05, 0) is 32.1 Å². The number of aromatic nitrogens is 2. The molecule has 0 aromatic carbocycles. The summed E-state index contributed by atoms with van der Waals surface area (Å²) in [7, 11) is 0. The number of fused-ring (bicyclic) bond motifs is 1. The molecule has 2 fully saturated rings. The zero-order valence-electron chi connectivity index (χ0n) is 16.4. The van der Waals surface area contributed by atoms with Crippen molar-refractivity contribution in [2.45, 2.75) is 69.8 Å². The van der Waals surface area contributed by atoms with E-state index in [-0.39, 0.29) is 36.9 Å². The Morgan fingerprint density at radius 1 is 1.31 bits per heavy atom. The van der Waals surface area contributed by atoms with E-state index in [0.717, 1.165) is 17.5 Å². The summed E-state index contributed by atoms with van der Waals surface area (Å²) in [4.78, 5) is 27.8. The van der Waals surface area contributed by atoms with Crippen molar-refractivity contribution in [3.8, 4) is 0 Å². The fourth-order valence-corrected chi connectivity index (χ4v) is 4.60. The quantitative estimate of drug-likeness (QED) is 0.824. The molecule has 1 aromatic rings. The van der Waals surface area contributed by atoms with Crippen LogP contribution in [0, 0.1) is 0 Å². The third-order valence-electron chi connectivity index (χ3n) is 6.19. The Kier molecular flexibility index (Phi) is 5.20. The molecule has 4 heterocycles. The summed E-state index contributed by atoms with van der Waals surface area (Å²) in [5, 5.41) is 7.43. The molecule has 10 heteroatoms. The van der Waals surface area contributed by atoms with E-state index >= 15 is 0 Å². The van der Waals surface area contributed by atoms with Crippen molar-refractivity contribution in [1.29, 1.82) is 0 Å². The average molecular weight is 413 g/mol. The van der Waals surface area contributed by atoms with Crippen LogP contribution in [-0.4, -0.2) is 63.2 Å². The maximum Gasteiger partial charge on any atom is 0.410 e. The molecule has 0 saturated carbocycles. The summed E-state index contributed by atoms with van der Waals surface area (Å²) in [6, 6.07) is -0.627. The Hall–Kier alpha value is -2.26. The first-order valence-electron chi connectivity index (χ1n) is 10.3. The van der Waals surface area contributed by atoms with E-state index in [9.17, 15) is 22.8 Å². The Morgan fingerprint density at radius 2 is 2.10 bits per heavy atom. The Bertz CT molecular complexity index is 793. The molecule has 0 aliphatic carbocycles. The van der Waals surface area contributed by atoms with Gasteiger partial charge in [0.2, 0.25) is 11.8 Å². The molecule has 2 saturated heterocycles. The number of carbonyl (C=O) groups is 2. The Balaban J connectivity index is 1.56. The van der Waals surface area contributed by atoms with Crippen molar-refractivity contribution in [3.05, 3.63) is 11.8 Å². The van der Waals surface area contributed by atoms with Gasteiger partial charge in [-0.15, -0.1) is 0 Å². The number of nitrogens with one attached hydrogen (secondary N) is 1. The van der Waals surface area contributed by atoms with E-state index in [0.29, 0.717) is 43.9 Å². The van der Waals surface area contributed by atoms with Gasteiger partial charge < -0.3 is 15.1 Å². The van der Waals surface area contributed by atoms with Gasteiger partial charge >= 0.3 is 6.18 Å². The van der Waals surface area contributed by atoms with Crippen molar-refractivity contribution in [3.63, 3.8) is 0 Å². The van der Waals surface area contributed by atoms with Gasteiger partial charge in [-0.3, -0.25) is 9.59 Å². The summed E-state index contributed by atoms with van der Waals surface area (Å²) in [5.41, 5.74) is 0.483. The monoisotopic (exact) mass is 413 g/mol. The Morgan fingerprint density at radius 3 is 2.76 bits per heavy atom. The van der Waals surface area contributed by atoms with Gasteiger partial charge in [0, 0.05) is 31.6 Å². The number of anilines is 1. The van der Waals surface area contributed by atoms with Crippen LogP contribution in [0.15, 0.2) is 6.07 Å². The SMILES string of the molecule is CC[C@@H]1C[C@H](C(F)(F)F)n2nc(C3CCCN3C(=O)CN3CCCC3=O)cc2N1. The van der Waals surface area contributed by atoms with Crippen LogP contribution in [0.4, 0.5) is 19.0 Å². The first-order chi connectivity index (χ1) is 13.8. The summed E-state index contributed by atoms with van der Waals surface area (Å²) < 4.78 is 41.8. The lowest BCUT2D eigenvalue weighted by atomic mass is 10.0. The maximum atomic E-state index is 13.6. The second-order valence-corrected chi connectivity index (χ2v) is 8.11. The fourth-order valence-electron chi connectivity index (χ4n) is 4.60. The van der Waals surface area contributed by atoms with Gasteiger partial charge in [0.05, 0.1) is 18.3 Å². The lowest BCUT2D eigenvalue weighted by molar-refractivity contribution is -0.173. The molecule has 3 aliphatic heterocycles. The highest BCUT2D eigenvalue weighted by Crippen LogP contribution is 2.42. The fraction of sp³-hybridized carbons (Fsp3) is 0.737. The predicted molar refractivity (Wildman–Crippen MR) is 99.1 cm³/mol. The van der Waals surface area contributed by atoms with Crippen molar-refractivity contribution in [2.24, 2.45) is 0 Å². The van der Waals surface area contributed by atoms with Crippen LogP contribution in [0.1, 0.15) is 63.2 Å². The minimum Gasteiger partial charge on any atom is -0.367 e. The number of nitrogens with zero attached hydrogens (tertiary/aromatic N) is 4. The lowest BCUT2D eigenvalue weighted by Gasteiger charge is -2.32. The molecule has 3 atom stereocenters. The predicted octanol–water partition coefficient (Wildman–Crippen LogP) is 2.87. The standard InChI is InChI=1S/C19H26F3N5O2/c1-2-12-9-15(19(20,21)22)27-16(23-12)10-13(24-27)14-5-3-8-26(14)18(29)11-25-7-4-6-17(25)28/h10,12,14-15,23H,2-9,11H2,1H3/t12-,14?,15-/m1/s1. The summed E-state index contributed by atoms with van der Waals surface area (Å²) >= 11 is 0. The van der Waals surface area contributed by atoms with Crippen LogP contribution in [0.2, 0.25) is 0 Å². The van der Waals surface area contributed by atoms with Crippen molar-refractivity contribution >= 4 is 17.6 Å². The minimum atomic E-state index is -4.38. The van der Waals surface area contributed by atoms with Gasteiger partial charge in [0.1, 0.15) is 5.82 Å². The van der Waals surface area contributed by atoms with E-state index in [1.165, 1.54) is 0 Å². The number of rotatable bonds is 4. The molecule has 1 N–H and O–H groups in total. The molecular formula is C19H26F3N5O2. The van der Waals surface area contributed by atoms with E-state index in [2.05, 4.69) is 10.4 Å². The van der Waals surface area contributed by atoms with E-state index in [1.807, 2.05) is 6.92 Å². The van der Waals surface area contributed by atoms with E-state index in [1.54, 1.807) is 15.9 Å². The van der Waals surface area contributed by atoms with E-state index < -0.39 is 12.2 Å². The van der Waals surface area contributed by atoms with Gasteiger partial charge in [0.25, 0.3) is 0 Å². The van der Waals surface area contributed by atoms with Gasteiger partial charge in [0.15, 0.2) is 6.04 Å². The van der Waals surface area contributed by atoms with Crippen molar-refractivity contribution in [1.82, 2.24) is 19.6 Å². The number of likely N-dealkylation sites (tertiary alicyclic amines) is 2. The third kappa shape index (κ3) is 3.81. The van der Waals surface area contributed by atoms with Gasteiger partial charge in [-0.1, -0.05) is 6.92 Å². The molecule has 1 aromatic heterocycles. The zero-order chi connectivity index (χ0) is 20.8. The van der Waals surface area contributed by atoms with Gasteiger partial charge in [-0.2, -0.15) is 18.3 Å². The molecule has 0 spiro atoms. The minimum absolute atomic E-state index is 0.0191. The zero-order valence-corrected chi connectivity index (χ0v) is 16.4. The smallest absolute Gasteiger partial charge is 0.367 e. The Labute approximate surface area is 167 Å². The van der Waals surface area contributed by atoms with Crippen molar-refractivity contribution < 1.29 is 22.8 Å². The number of hydrogen-bond acceptors (Lipinski definition) is 4.